The van der Waals surface area contributed by atoms with E-state index >= 15 is 0 Å². The van der Waals surface area contributed by atoms with Gasteiger partial charge < -0.3 is 18.8 Å². The van der Waals surface area contributed by atoms with Crippen LogP contribution in [0.25, 0.3) is 17.0 Å². The number of aromatic nitrogens is 1. The first-order valence-corrected chi connectivity index (χ1v) is 12.1. The van der Waals surface area contributed by atoms with Gasteiger partial charge >= 0.3 is 0 Å². The molecule has 1 aliphatic carbocycles. The number of nitrogens with zero attached hydrogens (tertiary/aromatic N) is 2. The Morgan fingerprint density at radius 1 is 1.15 bits per heavy atom. The highest BCUT2D eigenvalue weighted by Crippen LogP contribution is 2.45. The van der Waals surface area contributed by atoms with Crippen molar-refractivity contribution in [1.29, 1.82) is 0 Å². The first-order valence-electron chi connectivity index (χ1n) is 12.1. The van der Waals surface area contributed by atoms with Crippen molar-refractivity contribution >= 4 is 22.8 Å². The second-order valence-electron chi connectivity index (χ2n) is 9.70. The Bertz CT molecular complexity index is 1330. The fourth-order valence-corrected chi connectivity index (χ4v) is 5.71. The molecule has 0 spiro atoms. The number of benzene rings is 2. The zero-order valence-electron chi connectivity index (χ0n) is 20.0. The standard InChI is InChI=1S/C28H30N2O4/c1-17-11-24-22(15-30(16-33-24)19-7-5-4-6-8-19)28-26(17)27(31)25(34-28)12-18-14-29(2)23-10-9-20(32-3)13-21(18)23/h9-14,19H,4-8,15-16H2,1-3H3/b25-12-. The number of ketones is 1. The highest BCUT2D eigenvalue weighted by atomic mass is 16.5. The van der Waals surface area contributed by atoms with Gasteiger partial charge in [0, 0.05) is 42.3 Å². The molecule has 0 N–H and O–H groups in total. The first-order chi connectivity index (χ1) is 16.5. The molecule has 1 saturated carbocycles. The van der Waals surface area contributed by atoms with Gasteiger partial charge in [0.05, 0.1) is 18.2 Å². The van der Waals surface area contributed by atoms with E-state index in [0.29, 0.717) is 29.8 Å². The van der Waals surface area contributed by atoms with Crippen molar-refractivity contribution < 1.29 is 19.0 Å². The summed E-state index contributed by atoms with van der Waals surface area (Å²) >= 11 is 0. The Balaban J connectivity index is 1.38. The monoisotopic (exact) mass is 458 g/mol. The average molecular weight is 459 g/mol. The van der Waals surface area contributed by atoms with Crippen LogP contribution in [0.5, 0.6) is 17.2 Å². The summed E-state index contributed by atoms with van der Waals surface area (Å²) in [4.78, 5) is 15.9. The maximum absolute atomic E-state index is 13.5. The van der Waals surface area contributed by atoms with Gasteiger partial charge in [0.15, 0.2) is 5.76 Å². The van der Waals surface area contributed by atoms with E-state index in [4.69, 9.17) is 14.2 Å². The number of allylic oxidation sites excluding steroid dienone is 1. The smallest absolute Gasteiger partial charge is 0.232 e. The first kappa shape index (κ1) is 21.3. The molecule has 0 bridgehead atoms. The molecule has 0 atom stereocenters. The number of carbonyl (C=O) groups is 1. The Labute approximate surface area is 199 Å². The van der Waals surface area contributed by atoms with Gasteiger partial charge in [-0.2, -0.15) is 0 Å². The minimum Gasteiger partial charge on any atom is -0.497 e. The summed E-state index contributed by atoms with van der Waals surface area (Å²) in [5.74, 6) is 2.59. The molecule has 2 aromatic carbocycles. The highest BCUT2D eigenvalue weighted by molar-refractivity contribution is 6.16. The average Bonchev–Trinajstić information content (AvgIpc) is 3.36. The van der Waals surface area contributed by atoms with E-state index < -0.39 is 0 Å². The number of hydrogen-bond acceptors (Lipinski definition) is 5. The molecular weight excluding hydrogens is 428 g/mol. The lowest BCUT2D eigenvalue weighted by Gasteiger charge is -2.37. The lowest BCUT2D eigenvalue weighted by molar-refractivity contribution is 0.0393. The normalized spacial score (nSPS) is 19.7. The molecule has 6 heteroatoms. The summed E-state index contributed by atoms with van der Waals surface area (Å²) in [6.45, 7) is 3.32. The van der Waals surface area contributed by atoms with Crippen LogP contribution in [-0.2, 0) is 13.6 Å². The summed E-state index contributed by atoms with van der Waals surface area (Å²) < 4.78 is 20.0. The number of Topliss-reactive ketones (excluding diaryl/α,β-unsaturated/α-hetero) is 1. The maximum atomic E-state index is 13.5. The van der Waals surface area contributed by atoms with Crippen LogP contribution in [0.2, 0.25) is 0 Å². The molecule has 3 aromatic rings. The molecule has 0 unspecified atom stereocenters. The number of aryl methyl sites for hydroxylation is 2. The number of ether oxygens (including phenoxy) is 3. The summed E-state index contributed by atoms with van der Waals surface area (Å²) in [6.07, 6.45) is 10.2. The predicted octanol–water partition coefficient (Wildman–Crippen LogP) is 5.60. The third kappa shape index (κ3) is 3.40. The number of carbonyl (C=O) groups excluding carboxylic acids is 1. The van der Waals surface area contributed by atoms with Crippen molar-refractivity contribution in [3.05, 3.63) is 58.5 Å². The van der Waals surface area contributed by atoms with Crippen LogP contribution >= 0.6 is 0 Å². The molecule has 6 nitrogen and oxygen atoms in total. The van der Waals surface area contributed by atoms with Crippen molar-refractivity contribution in [2.75, 3.05) is 13.8 Å². The van der Waals surface area contributed by atoms with Crippen LogP contribution in [0.1, 0.15) is 59.2 Å². The van der Waals surface area contributed by atoms with E-state index in [0.717, 1.165) is 45.6 Å². The quantitative estimate of drug-likeness (QED) is 0.479. The Morgan fingerprint density at radius 3 is 2.76 bits per heavy atom. The molecule has 34 heavy (non-hydrogen) atoms. The SMILES string of the molecule is COc1ccc2c(c1)c(/C=C1\Oc3c4c(cc(C)c3C1=O)OCN(C1CCCCC1)C4)cn2C. The van der Waals surface area contributed by atoms with Crippen LogP contribution in [-0.4, -0.2) is 35.1 Å². The Kier molecular flexibility index (Phi) is 5.14. The van der Waals surface area contributed by atoms with Crippen LogP contribution in [0.15, 0.2) is 36.2 Å². The molecule has 3 heterocycles. The van der Waals surface area contributed by atoms with E-state index in [1.807, 2.05) is 50.5 Å². The summed E-state index contributed by atoms with van der Waals surface area (Å²) in [5, 5.41) is 1.02. The molecule has 0 saturated heterocycles. The van der Waals surface area contributed by atoms with E-state index in [1.165, 1.54) is 32.1 Å². The zero-order valence-corrected chi connectivity index (χ0v) is 20.0. The van der Waals surface area contributed by atoms with Crippen molar-refractivity contribution in [3.63, 3.8) is 0 Å². The van der Waals surface area contributed by atoms with Crippen molar-refractivity contribution in [1.82, 2.24) is 9.47 Å². The van der Waals surface area contributed by atoms with Gasteiger partial charge in [0.25, 0.3) is 0 Å². The fraction of sp³-hybridized carbons (Fsp3) is 0.393. The molecule has 1 aromatic heterocycles. The summed E-state index contributed by atoms with van der Waals surface area (Å²) in [5.41, 5.74) is 4.55. The molecule has 0 amide bonds. The minimum absolute atomic E-state index is 0.0648. The van der Waals surface area contributed by atoms with Gasteiger partial charge in [-0.3, -0.25) is 9.69 Å². The zero-order chi connectivity index (χ0) is 23.4. The largest absolute Gasteiger partial charge is 0.497 e. The molecule has 3 aliphatic rings. The molecule has 1 fully saturated rings. The highest BCUT2D eigenvalue weighted by Gasteiger charge is 2.37. The second kappa shape index (κ2) is 8.20. The van der Waals surface area contributed by atoms with Gasteiger partial charge in [-0.05, 0) is 55.7 Å². The van der Waals surface area contributed by atoms with Crippen molar-refractivity contribution in [2.24, 2.45) is 7.05 Å². The lowest BCUT2D eigenvalue weighted by atomic mass is 9.93. The van der Waals surface area contributed by atoms with Gasteiger partial charge in [0.1, 0.15) is 24.0 Å². The van der Waals surface area contributed by atoms with E-state index in [-0.39, 0.29) is 5.78 Å². The van der Waals surface area contributed by atoms with Crippen molar-refractivity contribution in [2.45, 2.75) is 51.6 Å². The van der Waals surface area contributed by atoms with Gasteiger partial charge in [-0.1, -0.05) is 19.3 Å². The predicted molar refractivity (Wildman–Crippen MR) is 131 cm³/mol. The lowest BCUT2D eigenvalue weighted by Crippen LogP contribution is -2.41. The third-order valence-corrected chi connectivity index (χ3v) is 7.56. The third-order valence-electron chi connectivity index (χ3n) is 7.56. The summed E-state index contributed by atoms with van der Waals surface area (Å²) in [6, 6.07) is 8.51. The maximum Gasteiger partial charge on any atom is 0.232 e. The second-order valence-corrected chi connectivity index (χ2v) is 9.70. The van der Waals surface area contributed by atoms with E-state index in [1.54, 1.807) is 7.11 Å². The van der Waals surface area contributed by atoms with Crippen LogP contribution < -0.4 is 14.2 Å². The van der Waals surface area contributed by atoms with Crippen LogP contribution in [0.3, 0.4) is 0 Å². The minimum atomic E-state index is -0.0648. The molecular formula is C28H30N2O4. The van der Waals surface area contributed by atoms with Gasteiger partial charge in [-0.15, -0.1) is 0 Å². The molecule has 2 aliphatic heterocycles. The van der Waals surface area contributed by atoms with Gasteiger partial charge in [0.2, 0.25) is 5.78 Å². The van der Waals surface area contributed by atoms with Crippen LogP contribution in [0.4, 0.5) is 0 Å². The number of fused-ring (bicyclic) bond motifs is 4. The number of rotatable bonds is 3. The molecule has 0 radical (unpaired) electrons. The fourth-order valence-electron chi connectivity index (χ4n) is 5.71. The number of hydrogen-bond donors (Lipinski definition) is 0. The van der Waals surface area contributed by atoms with Crippen molar-refractivity contribution in [3.8, 4) is 17.2 Å². The van der Waals surface area contributed by atoms with E-state index in [9.17, 15) is 4.79 Å². The Morgan fingerprint density at radius 2 is 1.97 bits per heavy atom. The van der Waals surface area contributed by atoms with E-state index in [2.05, 4.69) is 9.47 Å². The molecule has 6 rings (SSSR count). The Hall–Kier alpha value is -3.25. The van der Waals surface area contributed by atoms with Crippen LogP contribution in [0, 0.1) is 6.92 Å². The topological polar surface area (TPSA) is 52.9 Å². The number of methoxy groups -OCH3 is 1. The summed E-state index contributed by atoms with van der Waals surface area (Å²) in [7, 11) is 3.66. The van der Waals surface area contributed by atoms with Gasteiger partial charge in [-0.25, -0.2) is 0 Å². The molecule has 176 valence electrons.